The largest absolute Gasteiger partial charge is 0.462 e. The van der Waals surface area contributed by atoms with Gasteiger partial charge in [0.2, 0.25) is 17.7 Å². The van der Waals surface area contributed by atoms with E-state index in [-0.39, 0.29) is 23.9 Å². The van der Waals surface area contributed by atoms with Gasteiger partial charge in [0, 0.05) is 24.6 Å². The van der Waals surface area contributed by atoms with Gasteiger partial charge in [0.15, 0.2) is 5.11 Å². The Hall–Kier alpha value is -3.46. The van der Waals surface area contributed by atoms with Crippen LogP contribution in [0.25, 0.3) is 6.08 Å². The van der Waals surface area contributed by atoms with Crippen molar-refractivity contribution in [1.82, 2.24) is 16.2 Å². The van der Waals surface area contributed by atoms with Crippen LogP contribution in [0, 0.1) is 20.8 Å². The molecule has 0 unspecified atom stereocenters. The molecule has 0 radical (unpaired) electrons. The molecule has 2 rings (SSSR count). The van der Waals surface area contributed by atoms with Gasteiger partial charge in [-0.15, -0.1) is 0 Å². The predicted octanol–water partition coefficient (Wildman–Crippen LogP) is 2.66. The summed E-state index contributed by atoms with van der Waals surface area (Å²) in [6.07, 6.45) is 2.71. The molecule has 2 aromatic rings. The number of hydrogen-bond acceptors (Lipinski definition) is 5. The van der Waals surface area contributed by atoms with E-state index in [4.69, 9.17) is 16.6 Å². The Kier molecular flexibility index (Phi) is 8.30. The molecule has 158 valence electrons. The Bertz CT molecular complexity index is 981. The minimum atomic E-state index is -0.483. The van der Waals surface area contributed by atoms with Crippen molar-refractivity contribution in [2.45, 2.75) is 33.6 Å². The van der Waals surface area contributed by atoms with Crippen molar-refractivity contribution in [1.29, 1.82) is 0 Å². The Morgan fingerprint density at radius 1 is 0.967 bits per heavy atom. The normalized spacial score (nSPS) is 10.5. The van der Waals surface area contributed by atoms with Gasteiger partial charge in [-0.3, -0.25) is 30.6 Å². The molecule has 4 N–H and O–H groups in total. The van der Waals surface area contributed by atoms with E-state index in [1.165, 1.54) is 12.2 Å². The average Bonchev–Trinajstić information content (AvgIpc) is 3.11. The number of rotatable bonds is 6. The van der Waals surface area contributed by atoms with Crippen LogP contribution in [0.5, 0.6) is 0 Å². The summed E-state index contributed by atoms with van der Waals surface area (Å²) in [6, 6.07) is 9.11. The molecule has 9 heteroatoms. The third-order valence-electron chi connectivity index (χ3n) is 4.08. The van der Waals surface area contributed by atoms with E-state index >= 15 is 0 Å². The first-order valence-corrected chi connectivity index (χ1v) is 9.65. The van der Waals surface area contributed by atoms with Crippen LogP contribution in [-0.2, 0) is 14.4 Å². The number of amides is 3. The fourth-order valence-electron chi connectivity index (χ4n) is 2.34. The topological polar surface area (TPSA) is 112 Å². The van der Waals surface area contributed by atoms with Gasteiger partial charge in [-0.2, -0.15) is 0 Å². The molecule has 0 fully saturated rings. The number of thiocarbonyl (C=S) groups is 1. The first kappa shape index (κ1) is 22.8. The Morgan fingerprint density at radius 3 is 2.37 bits per heavy atom. The van der Waals surface area contributed by atoms with Crippen molar-refractivity contribution < 1.29 is 18.8 Å². The maximum Gasteiger partial charge on any atom is 0.250 e. The zero-order chi connectivity index (χ0) is 22.1. The lowest BCUT2D eigenvalue weighted by Gasteiger charge is -2.10. The van der Waals surface area contributed by atoms with Crippen LogP contribution in [0.15, 0.2) is 40.8 Å². The molecule has 0 saturated heterocycles. The molecule has 1 aromatic carbocycles. The minimum absolute atomic E-state index is 0.00482. The number of aryl methyl sites for hydroxylation is 3. The average molecular weight is 429 g/mol. The van der Waals surface area contributed by atoms with Crippen LogP contribution in [0.2, 0.25) is 0 Å². The summed E-state index contributed by atoms with van der Waals surface area (Å²) in [6.45, 7) is 5.74. The van der Waals surface area contributed by atoms with Crippen molar-refractivity contribution in [3.8, 4) is 0 Å². The van der Waals surface area contributed by atoms with Crippen LogP contribution >= 0.6 is 12.2 Å². The first-order valence-electron chi connectivity index (χ1n) is 9.24. The highest BCUT2D eigenvalue weighted by atomic mass is 32.1. The molecule has 0 saturated carbocycles. The predicted molar refractivity (Wildman–Crippen MR) is 118 cm³/mol. The van der Waals surface area contributed by atoms with E-state index in [1.807, 2.05) is 32.0 Å². The van der Waals surface area contributed by atoms with Crippen molar-refractivity contribution in [2.24, 2.45) is 0 Å². The molecule has 8 nitrogen and oxygen atoms in total. The van der Waals surface area contributed by atoms with Crippen LogP contribution in [0.1, 0.15) is 35.5 Å². The van der Waals surface area contributed by atoms with Crippen molar-refractivity contribution in [2.75, 3.05) is 5.32 Å². The lowest BCUT2D eigenvalue weighted by atomic mass is 10.1. The number of hydrogen-bond donors (Lipinski definition) is 4. The van der Waals surface area contributed by atoms with Gasteiger partial charge in [-0.25, -0.2) is 0 Å². The van der Waals surface area contributed by atoms with Crippen molar-refractivity contribution in [3.63, 3.8) is 0 Å². The van der Waals surface area contributed by atoms with Gasteiger partial charge in [-0.1, -0.05) is 6.07 Å². The molecule has 3 amide bonds. The van der Waals surface area contributed by atoms with Gasteiger partial charge in [0.05, 0.1) is 0 Å². The van der Waals surface area contributed by atoms with Crippen molar-refractivity contribution in [3.05, 3.63) is 59.1 Å². The molecule has 0 bridgehead atoms. The highest BCUT2D eigenvalue weighted by Crippen LogP contribution is 2.14. The number of nitrogens with one attached hydrogen (secondary N) is 4. The number of benzene rings is 1. The molecule has 0 atom stereocenters. The Labute approximate surface area is 180 Å². The number of furan rings is 1. The van der Waals surface area contributed by atoms with Crippen LogP contribution < -0.4 is 21.5 Å². The maximum atomic E-state index is 12.0. The van der Waals surface area contributed by atoms with E-state index < -0.39 is 11.8 Å². The maximum absolute atomic E-state index is 12.0. The quantitative estimate of drug-likeness (QED) is 0.320. The summed E-state index contributed by atoms with van der Waals surface area (Å²) in [7, 11) is 0. The second-order valence-corrected chi connectivity index (χ2v) is 7.03. The summed E-state index contributed by atoms with van der Waals surface area (Å²) in [5.41, 5.74) is 7.63. The highest BCUT2D eigenvalue weighted by molar-refractivity contribution is 7.80. The Balaban J connectivity index is 1.66. The summed E-state index contributed by atoms with van der Waals surface area (Å²) >= 11 is 4.93. The molecular formula is C21H24N4O4S. The van der Waals surface area contributed by atoms with E-state index in [9.17, 15) is 14.4 Å². The molecule has 30 heavy (non-hydrogen) atoms. The van der Waals surface area contributed by atoms with E-state index in [2.05, 4.69) is 21.5 Å². The lowest BCUT2D eigenvalue weighted by molar-refractivity contribution is -0.124. The number of anilines is 1. The zero-order valence-electron chi connectivity index (χ0n) is 17.0. The second kappa shape index (κ2) is 10.9. The Morgan fingerprint density at radius 2 is 1.70 bits per heavy atom. The highest BCUT2D eigenvalue weighted by Gasteiger charge is 2.09. The van der Waals surface area contributed by atoms with Gasteiger partial charge < -0.3 is 9.73 Å². The summed E-state index contributed by atoms with van der Waals surface area (Å²) in [4.78, 5) is 35.6. The number of carbonyl (C=O) groups excluding carboxylic acids is 3. The third-order valence-corrected chi connectivity index (χ3v) is 4.29. The molecule has 1 heterocycles. The second-order valence-electron chi connectivity index (χ2n) is 6.62. The molecule has 1 aromatic heterocycles. The smallest absolute Gasteiger partial charge is 0.250 e. The fraction of sp³-hybridized carbons (Fsp3) is 0.238. The van der Waals surface area contributed by atoms with Crippen molar-refractivity contribution >= 4 is 46.8 Å². The summed E-state index contributed by atoms with van der Waals surface area (Å²) < 4.78 is 5.31. The zero-order valence-corrected chi connectivity index (χ0v) is 17.8. The molecular weight excluding hydrogens is 404 g/mol. The van der Waals surface area contributed by atoms with E-state index in [0.717, 1.165) is 16.9 Å². The van der Waals surface area contributed by atoms with E-state index in [1.54, 1.807) is 19.1 Å². The van der Waals surface area contributed by atoms with Crippen LogP contribution in [0.4, 0.5) is 5.69 Å². The van der Waals surface area contributed by atoms with Gasteiger partial charge >= 0.3 is 0 Å². The van der Waals surface area contributed by atoms with Gasteiger partial charge in [0.1, 0.15) is 11.5 Å². The monoisotopic (exact) mass is 428 g/mol. The van der Waals surface area contributed by atoms with Crippen LogP contribution in [-0.4, -0.2) is 22.8 Å². The van der Waals surface area contributed by atoms with E-state index in [0.29, 0.717) is 11.4 Å². The van der Waals surface area contributed by atoms with Gasteiger partial charge in [-0.05, 0) is 74.5 Å². The summed E-state index contributed by atoms with van der Waals surface area (Å²) in [5, 5.41) is 5.05. The third kappa shape index (κ3) is 7.88. The molecule has 0 aliphatic rings. The lowest BCUT2D eigenvalue weighted by Crippen LogP contribution is -2.48. The van der Waals surface area contributed by atoms with Crippen LogP contribution in [0.3, 0.4) is 0 Å². The number of hydrazine groups is 1. The molecule has 0 spiro atoms. The minimum Gasteiger partial charge on any atom is -0.462 e. The molecule has 0 aliphatic carbocycles. The number of carbonyl (C=O) groups is 3. The fourth-order valence-corrected chi connectivity index (χ4v) is 2.50. The summed E-state index contributed by atoms with van der Waals surface area (Å²) in [5.74, 6) is 0.0705. The molecule has 0 aliphatic heterocycles. The van der Waals surface area contributed by atoms with Gasteiger partial charge in [0.25, 0.3) is 0 Å². The first-order chi connectivity index (χ1) is 14.2. The SMILES string of the molecule is Cc1ccc(/C=C/C(=O)NC(=S)NNC(=O)CCC(=O)Nc2ccc(C)c(C)c2)o1. The standard InChI is InChI=1S/C21H24N4O4S/c1-13-4-6-16(12-14(13)2)22-18(26)10-11-20(28)24-25-21(30)23-19(27)9-8-17-7-5-15(3)29-17/h4-9,12H,10-11H2,1-3H3,(H,22,26)(H,24,28)(H2,23,25,27,30)/b9-8+.